The maximum atomic E-state index is 13.1. The highest BCUT2D eigenvalue weighted by Crippen LogP contribution is 2.26. The number of carbonyl (C=O) groups is 2. The Morgan fingerprint density at radius 2 is 1.80 bits per heavy atom. The van der Waals surface area contributed by atoms with Crippen LogP contribution >= 0.6 is 0 Å². The molecule has 168 valence electrons. The Hall–Kier alpha value is -1.93. The molecule has 1 aromatic carbocycles. The number of esters is 1. The van der Waals surface area contributed by atoms with Crippen LogP contribution in [0.3, 0.4) is 0 Å². The van der Waals surface area contributed by atoms with Crippen LogP contribution in [0.5, 0.6) is 0 Å². The summed E-state index contributed by atoms with van der Waals surface area (Å²) in [6.07, 6.45) is 2.66. The summed E-state index contributed by atoms with van der Waals surface area (Å²) < 4.78 is 33.0. The quantitative estimate of drug-likeness (QED) is 0.610. The van der Waals surface area contributed by atoms with E-state index in [-0.39, 0.29) is 41.1 Å². The molecule has 1 aromatic rings. The summed E-state index contributed by atoms with van der Waals surface area (Å²) in [5, 5.41) is 0. The lowest BCUT2D eigenvalue weighted by Gasteiger charge is -2.32. The molecule has 1 aliphatic heterocycles. The molecule has 1 saturated heterocycles. The summed E-state index contributed by atoms with van der Waals surface area (Å²) >= 11 is 0. The van der Waals surface area contributed by atoms with Crippen LogP contribution in [0, 0.1) is 6.92 Å². The van der Waals surface area contributed by atoms with Gasteiger partial charge >= 0.3 is 5.97 Å². The molecular formula is C22H34N2O5S. The van der Waals surface area contributed by atoms with Gasteiger partial charge in [0.1, 0.15) is 0 Å². The zero-order valence-electron chi connectivity index (χ0n) is 18.8. The largest absolute Gasteiger partial charge is 0.452 e. The van der Waals surface area contributed by atoms with Crippen LogP contribution in [-0.4, -0.2) is 60.8 Å². The Morgan fingerprint density at radius 1 is 1.17 bits per heavy atom. The molecule has 1 unspecified atom stereocenters. The van der Waals surface area contributed by atoms with E-state index < -0.39 is 16.0 Å². The predicted octanol–water partition coefficient (Wildman–Crippen LogP) is 3.36. The Labute approximate surface area is 180 Å². The summed E-state index contributed by atoms with van der Waals surface area (Å²) in [6.45, 7) is 11.3. The normalized spacial score (nSPS) is 17.9. The first-order valence-corrected chi connectivity index (χ1v) is 12.0. The van der Waals surface area contributed by atoms with E-state index in [0.29, 0.717) is 12.1 Å². The van der Waals surface area contributed by atoms with Gasteiger partial charge in [0.15, 0.2) is 6.61 Å². The molecule has 0 aliphatic carbocycles. The molecule has 0 N–H and O–H groups in total. The summed E-state index contributed by atoms with van der Waals surface area (Å²) in [5.74, 6) is -0.978. The van der Waals surface area contributed by atoms with E-state index in [0.717, 1.165) is 19.3 Å². The maximum absolute atomic E-state index is 13.1. The van der Waals surface area contributed by atoms with Crippen molar-refractivity contribution in [2.24, 2.45) is 0 Å². The molecule has 1 fully saturated rings. The monoisotopic (exact) mass is 438 g/mol. The van der Waals surface area contributed by atoms with E-state index in [1.54, 1.807) is 17.9 Å². The van der Waals surface area contributed by atoms with Crippen molar-refractivity contribution >= 4 is 21.9 Å². The van der Waals surface area contributed by atoms with Gasteiger partial charge in [-0.1, -0.05) is 12.5 Å². The molecular weight excluding hydrogens is 404 g/mol. The molecule has 7 nitrogen and oxygen atoms in total. The second-order valence-electron chi connectivity index (χ2n) is 8.50. The molecule has 0 aromatic heterocycles. The van der Waals surface area contributed by atoms with Crippen molar-refractivity contribution in [3.63, 3.8) is 0 Å². The first-order valence-electron chi connectivity index (χ1n) is 10.6. The van der Waals surface area contributed by atoms with Crippen molar-refractivity contribution in [1.29, 1.82) is 0 Å². The summed E-state index contributed by atoms with van der Waals surface area (Å²) in [5.41, 5.74) is 0.761. The third kappa shape index (κ3) is 5.40. The third-order valence-electron chi connectivity index (χ3n) is 5.50. The van der Waals surface area contributed by atoms with Crippen molar-refractivity contribution in [3.05, 3.63) is 29.3 Å². The van der Waals surface area contributed by atoms with Gasteiger partial charge in [0.05, 0.1) is 10.5 Å². The Morgan fingerprint density at radius 3 is 2.37 bits per heavy atom. The van der Waals surface area contributed by atoms with E-state index in [1.165, 1.54) is 16.4 Å². The van der Waals surface area contributed by atoms with E-state index in [2.05, 4.69) is 0 Å². The third-order valence-corrected chi connectivity index (χ3v) is 7.51. The molecule has 1 atom stereocenters. The molecule has 0 spiro atoms. The predicted molar refractivity (Wildman–Crippen MR) is 116 cm³/mol. The summed E-state index contributed by atoms with van der Waals surface area (Å²) in [7, 11) is -3.70. The van der Waals surface area contributed by atoms with Crippen molar-refractivity contribution in [3.8, 4) is 0 Å². The van der Waals surface area contributed by atoms with Crippen LogP contribution in [0.4, 0.5) is 0 Å². The fourth-order valence-corrected chi connectivity index (χ4v) is 5.72. The van der Waals surface area contributed by atoms with E-state index >= 15 is 0 Å². The molecule has 1 aliphatic rings. The smallest absolute Gasteiger partial charge is 0.338 e. The number of sulfonamides is 1. The average Bonchev–Trinajstić information content (AvgIpc) is 2.65. The van der Waals surface area contributed by atoms with Crippen LogP contribution in [0.2, 0.25) is 0 Å². The lowest BCUT2D eigenvalue weighted by molar-refractivity contribution is -0.138. The van der Waals surface area contributed by atoms with E-state index in [1.807, 2.05) is 34.6 Å². The Bertz CT molecular complexity index is 872. The highest BCUT2D eigenvalue weighted by molar-refractivity contribution is 7.89. The standard InChI is InChI=1S/C22H34N2O5S/c1-15(2)24(16(3)4)21(25)14-29-22(26)20-13-19(11-10-17(20)5)30(27,28)23-12-8-7-9-18(23)6/h10-11,13,15-16,18H,7-9,12,14H2,1-6H3. The number of carbonyl (C=O) groups excluding carboxylic acids is 2. The molecule has 8 heteroatoms. The molecule has 1 amide bonds. The number of amides is 1. The maximum Gasteiger partial charge on any atom is 0.338 e. The molecule has 1 heterocycles. The van der Waals surface area contributed by atoms with Gasteiger partial charge in [0.25, 0.3) is 5.91 Å². The lowest BCUT2D eigenvalue weighted by Crippen LogP contribution is -2.44. The number of piperidine rings is 1. The number of hydrogen-bond donors (Lipinski definition) is 0. The SMILES string of the molecule is Cc1ccc(S(=O)(=O)N2CCCCC2C)cc1C(=O)OCC(=O)N(C(C)C)C(C)C. The van der Waals surface area contributed by atoms with Gasteiger partial charge in [-0.3, -0.25) is 4.79 Å². The van der Waals surface area contributed by atoms with Gasteiger partial charge in [0, 0.05) is 24.7 Å². The fourth-order valence-electron chi connectivity index (χ4n) is 4.00. The minimum Gasteiger partial charge on any atom is -0.452 e. The Kier molecular flexibility index (Phi) is 8.05. The second-order valence-corrected chi connectivity index (χ2v) is 10.4. The minimum absolute atomic E-state index is 0.0158. The zero-order valence-corrected chi connectivity index (χ0v) is 19.7. The fraction of sp³-hybridized carbons (Fsp3) is 0.636. The lowest BCUT2D eigenvalue weighted by atomic mass is 10.1. The molecule has 0 saturated carbocycles. The molecule has 30 heavy (non-hydrogen) atoms. The highest BCUT2D eigenvalue weighted by Gasteiger charge is 2.32. The minimum atomic E-state index is -3.70. The van der Waals surface area contributed by atoms with Gasteiger partial charge < -0.3 is 9.64 Å². The van der Waals surface area contributed by atoms with Crippen molar-refractivity contribution in [2.45, 2.75) is 83.8 Å². The van der Waals surface area contributed by atoms with Gasteiger partial charge in [0.2, 0.25) is 10.0 Å². The van der Waals surface area contributed by atoms with Gasteiger partial charge in [-0.15, -0.1) is 0 Å². The number of aryl methyl sites for hydroxylation is 1. The first kappa shape index (κ1) is 24.3. The summed E-state index contributed by atoms with van der Waals surface area (Å²) in [6, 6.07) is 4.38. The van der Waals surface area contributed by atoms with Crippen LogP contribution < -0.4 is 0 Å². The molecule has 2 rings (SSSR count). The van der Waals surface area contributed by atoms with Crippen molar-refractivity contribution in [2.75, 3.05) is 13.2 Å². The van der Waals surface area contributed by atoms with Crippen LogP contribution in [0.25, 0.3) is 0 Å². The van der Waals surface area contributed by atoms with Gasteiger partial charge in [-0.25, -0.2) is 13.2 Å². The number of nitrogens with zero attached hydrogens (tertiary/aromatic N) is 2. The average molecular weight is 439 g/mol. The summed E-state index contributed by atoms with van der Waals surface area (Å²) in [4.78, 5) is 26.8. The van der Waals surface area contributed by atoms with Gasteiger partial charge in [-0.05, 0) is 72.1 Å². The number of rotatable bonds is 7. The molecule has 0 bridgehead atoms. The number of benzene rings is 1. The topological polar surface area (TPSA) is 84.0 Å². The number of ether oxygens (including phenoxy) is 1. The van der Waals surface area contributed by atoms with Crippen LogP contribution in [0.15, 0.2) is 23.1 Å². The van der Waals surface area contributed by atoms with E-state index in [4.69, 9.17) is 4.74 Å². The van der Waals surface area contributed by atoms with Gasteiger partial charge in [-0.2, -0.15) is 4.31 Å². The number of hydrogen-bond acceptors (Lipinski definition) is 5. The highest BCUT2D eigenvalue weighted by atomic mass is 32.2. The molecule has 0 radical (unpaired) electrons. The van der Waals surface area contributed by atoms with Crippen molar-refractivity contribution in [1.82, 2.24) is 9.21 Å². The van der Waals surface area contributed by atoms with Crippen molar-refractivity contribution < 1.29 is 22.7 Å². The zero-order chi connectivity index (χ0) is 22.6. The Balaban J connectivity index is 2.20. The first-order chi connectivity index (χ1) is 14.0. The van der Waals surface area contributed by atoms with Crippen LogP contribution in [-0.2, 0) is 19.6 Å². The van der Waals surface area contributed by atoms with E-state index in [9.17, 15) is 18.0 Å². The second kappa shape index (κ2) is 9.92. The van der Waals surface area contributed by atoms with Crippen LogP contribution in [0.1, 0.15) is 69.8 Å².